The molecule has 1 heterocycles. The number of nitrogens with one attached hydrogen (secondary N) is 1. The van der Waals surface area contributed by atoms with Crippen molar-refractivity contribution < 1.29 is 9.59 Å². The van der Waals surface area contributed by atoms with Gasteiger partial charge >= 0.3 is 0 Å². The van der Waals surface area contributed by atoms with Gasteiger partial charge in [0.15, 0.2) is 0 Å². The molecule has 19 heavy (non-hydrogen) atoms. The minimum Gasteiger partial charge on any atom is -0.296 e. The van der Waals surface area contributed by atoms with Crippen molar-refractivity contribution in [1.29, 1.82) is 0 Å². The maximum Gasteiger partial charge on any atom is 0.233 e. The van der Waals surface area contributed by atoms with Gasteiger partial charge in [-0.05, 0) is 18.8 Å². The van der Waals surface area contributed by atoms with Gasteiger partial charge in [0.2, 0.25) is 11.8 Å². The second kappa shape index (κ2) is 8.89. The molecule has 1 rings (SSSR count). The molecule has 1 unspecified atom stereocenters. The van der Waals surface area contributed by atoms with Gasteiger partial charge in [0.25, 0.3) is 0 Å². The Morgan fingerprint density at radius 3 is 2.47 bits per heavy atom. The summed E-state index contributed by atoms with van der Waals surface area (Å²) in [5, 5.41) is 2.32. The van der Waals surface area contributed by atoms with Gasteiger partial charge < -0.3 is 0 Å². The first kappa shape index (κ1) is 15.9. The molecule has 1 N–H and O–H groups in total. The van der Waals surface area contributed by atoms with Crippen LogP contribution in [-0.4, -0.2) is 11.8 Å². The van der Waals surface area contributed by atoms with Gasteiger partial charge in [0.05, 0.1) is 5.92 Å². The quantitative estimate of drug-likeness (QED) is 0.393. The fourth-order valence-electron chi connectivity index (χ4n) is 2.33. The summed E-state index contributed by atoms with van der Waals surface area (Å²) >= 11 is 0. The van der Waals surface area contributed by atoms with E-state index in [2.05, 4.69) is 25.2 Å². The van der Waals surface area contributed by atoms with Crippen LogP contribution in [0.1, 0.15) is 65.2 Å². The summed E-state index contributed by atoms with van der Waals surface area (Å²) in [6.07, 6.45) is 13.0. The first-order chi connectivity index (χ1) is 9.09. The lowest BCUT2D eigenvalue weighted by atomic mass is 10.0. The Kier molecular flexibility index (Phi) is 7.46. The smallest absolute Gasteiger partial charge is 0.233 e. The van der Waals surface area contributed by atoms with Crippen molar-refractivity contribution in [3.05, 3.63) is 12.2 Å². The minimum atomic E-state index is -0.224. The van der Waals surface area contributed by atoms with Crippen LogP contribution in [0.4, 0.5) is 0 Å². The maximum atomic E-state index is 11.3. The Labute approximate surface area is 116 Å². The third-order valence-electron chi connectivity index (χ3n) is 3.53. The van der Waals surface area contributed by atoms with Crippen molar-refractivity contribution in [2.75, 3.05) is 0 Å². The molecule has 2 amide bonds. The molecule has 1 aliphatic rings. The molecule has 0 aliphatic carbocycles. The Hall–Kier alpha value is -1.12. The third kappa shape index (κ3) is 7.14. The van der Waals surface area contributed by atoms with Crippen LogP contribution in [0.25, 0.3) is 0 Å². The Balaban J connectivity index is 1.96. The predicted molar refractivity (Wildman–Crippen MR) is 77.6 cm³/mol. The normalized spacial score (nSPS) is 19.6. The molecular weight excluding hydrogens is 238 g/mol. The van der Waals surface area contributed by atoms with Crippen molar-refractivity contribution in [3.8, 4) is 0 Å². The van der Waals surface area contributed by atoms with Gasteiger partial charge in [-0.3, -0.25) is 14.9 Å². The molecule has 0 radical (unpaired) electrons. The van der Waals surface area contributed by atoms with Crippen molar-refractivity contribution in [2.45, 2.75) is 65.2 Å². The molecule has 1 fully saturated rings. The third-order valence-corrected chi connectivity index (χ3v) is 3.53. The predicted octanol–water partition coefficient (Wildman–Crippen LogP) is 3.59. The van der Waals surface area contributed by atoms with Crippen molar-refractivity contribution in [2.24, 2.45) is 11.8 Å². The summed E-state index contributed by atoms with van der Waals surface area (Å²) in [5.74, 6) is 0.307. The Morgan fingerprint density at radius 1 is 1.16 bits per heavy atom. The molecule has 0 aromatic heterocycles. The average Bonchev–Trinajstić information content (AvgIpc) is 2.65. The van der Waals surface area contributed by atoms with Crippen LogP contribution in [0, 0.1) is 11.8 Å². The molecule has 1 saturated heterocycles. The molecule has 1 atom stereocenters. The molecule has 0 spiro atoms. The second-order valence-corrected chi connectivity index (χ2v) is 5.89. The zero-order chi connectivity index (χ0) is 14.1. The SMILES string of the molecule is CC(C)CCCCCCCC=CC1CC(=O)NC1=O. The number of imide groups is 1. The van der Waals surface area contributed by atoms with Crippen molar-refractivity contribution >= 4 is 11.8 Å². The van der Waals surface area contributed by atoms with Crippen LogP contribution in [0.15, 0.2) is 12.2 Å². The van der Waals surface area contributed by atoms with Gasteiger partial charge in [-0.25, -0.2) is 0 Å². The maximum absolute atomic E-state index is 11.3. The summed E-state index contributed by atoms with van der Waals surface area (Å²) in [6, 6.07) is 0. The lowest BCUT2D eigenvalue weighted by molar-refractivity contribution is -0.125. The number of rotatable bonds is 9. The average molecular weight is 265 g/mol. The van der Waals surface area contributed by atoms with Crippen molar-refractivity contribution in [1.82, 2.24) is 5.32 Å². The van der Waals surface area contributed by atoms with E-state index in [1.165, 1.54) is 38.5 Å². The highest BCUT2D eigenvalue weighted by Gasteiger charge is 2.27. The first-order valence-electron chi connectivity index (χ1n) is 7.60. The molecule has 1 aliphatic heterocycles. The number of carbonyl (C=O) groups excluding carboxylic acids is 2. The van der Waals surface area contributed by atoms with Crippen LogP contribution >= 0.6 is 0 Å². The van der Waals surface area contributed by atoms with E-state index in [0.29, 0.717) is 6.42 Å². The van der Waals surface area contributed by atoms with Crippen LogP contribution in [0.5, 0.6) is 0 Å². The number of hydrogen-bond acceptors (Lipinski definition) is 2. The summed E-state index contributed by atoms with van der Waals surface area (Å²) in [5.41, 5.74) is 0. The van der Waals surface area contributed by atoms with E-state index in [9.17, 15) is 9.59 Å². The van der Waals surface area contributed by atoms with E-state index in [4.69, 9.17) is 0 Å². The van der Waals surface area contributed by atoms with Crippen LogP contribution in [-0.2, 0) is 9.59 Å². The van der Waals surface area contributed by atoms with E-state index in [0.717, 1.165) is 12.3 Å². The Bertz CT molecular complexity index is 321. The molecule has 108 valence electrons. The monoisotopic (exact) mass is 265 g/mol. The number of hydrogen-bond donors (Lipinski definition) is 1. The van der Waals surface area contributed by atoms with Gasteiger partial charge in [-0.1, -0.05) is 58.1 Å². The molecule has 0 aromatic carbocycles. The summed E-state index contributed by atoms with van der Waals surface area (Å²) < 4.78 is 0. The van der Waals surface area contributed by atoms with Crippen LogP contribution < -0.4 is 5.32 Å². The molecule has 3 heteroatoms. The topological polar surface area (TPSA) is 46.2 Å². The van der Waals surface area contributed by atoms with E-state index in [-0.39, 0.29) is 17.7 Å². The van der Waals surface area contributed by atoms with E-state index >= 15 is 0 Å². The van der Waals surface area contributed by atoms with Gasteiger partial charge in [-0.15, -0.1) is 0 Å². The summed E-state index contributed by atoms with van der Waals surface area (Å²) in [4.78, 5) is 22.3. The molecule has 0 saturated carbocycles. The zero-order valence-electron chi connectivity index (χ0n) is 12.3. The molecule has 3 nitrogen and oxygen atoms in total. The standard InChI is InChI=1S/C16H27NO2/c1-13(2)10-8-6-4-3-5-7-9-11-14-12-15(18)17-16(14)19/h9,11,13-14H,3-8,10,12H2,1-2H3,(H,17,18,19). The summed E-state index contributed by atoms with van der Waals surface area (Å²) in [7, 11) is 0. The molecule has 0 aromatic rings. The number of unbranched alkanes of at least 4 members (excludes halogenated alkanes) is 5. The largest absolute Gasteiger partial charge is 0.296 e. The van der Waals surface area contributed by atoms with E-state index in [1.807, 2.05) is 6.08 Å². The van der Waals surface area contributed by atoms with E-state index in [1.54, 1.807) is 0 Å². The van der Waals surface area contributed by atoms with Gasteiger partial charge in [0, 0.05) is 6.42 Å². The number of carbonyl (C=O) groups is 2. The fraction of sp³-hybridized carbons (Fsp3) is 0.750. The van der Waals surface area contributed by atoms with E-state index < -0.39 is 0 Å². The number of allylic oxidation sites excluding steroid dienone is 1. The molecule has 0 bridgehead atoms. The Morgan fingerprint density at radius 2 is 1.84 bits per heavy atom. The van der Waals surface area contributed by atoms with Gasteiger partial charge in [-0.2, -0.15) is 0 Å². The fourth-order valence-corrected chi connectivity index (χ4v) is 2.33. The highest BCUT2D eigenvalue weighted by Crippen LogP contribution is 2.14. The first-order valence-corrected chi connectivity index (χ1v) is 7.60. The highest BCUT2D eigenvalue weighted by atomic mass is 16.2. The summed E-state index contributed by atoms with van der Waals surface area (Å²) in [6.45, 7) is 4.55. The zero-order valence-corrected chi connectivity index (χ0v) is 12.3. The minimum absolute atomic E-state index is 0.144. The van der Waals surface area contributed by atoms with Crippen LogP contribution in [0.2, 0.25) is 0 Å². The highest BCUT2D eigenvalue weighted by molar-refractivity contribution is 6.04. The second-order valence-electron chi connectivity index (χ2n) is 5.89. The lowest BCUT2D eigenvalue weighted by Crippen LogP contribution is -2.21. The number of amides is 2. The lowest BCUT2D eigenvalue weighted by Gasteiger charge is -2.03. The van der Waals surface area contributed by atoms with Gasteiger partial charge in [0.1, 0.15) is 0 Å². The van der Waals surface area contributed by atoms with Crippen molar-refractivity contribution in [3.63, 3.8) is 0 Å². The molecular formula is C16H27NO2. The van der Waals surface area contributed by atoms with Crippen LogP contribution in [0.3, 0.4) is 0 Å².